The number of rotatable bonds is 4. The summed E-state index contributed by atoms with van der Waals surface area (Å²) < 4.78 is 5.25. The molecule has 0 aliphatic rings. The lowest BCUT2D eigenvalue weighted by Gasteiger charge is -2.20. The number of hydrogen-bond acceptors (Lipinski definition) is 4. The second-order valence-electron chi connectivity index (χ2n) is 6.54. The van der Waals surface area contributed by atoms with Crippen molar-refractivity contribution in [1.29, 1.82) is 0 Å². The molecule has 0 aliphatic heterocycles. The van der Waals surface area contributed by atoms with Gasteiger partial charge in [-0.2, -0.15) is 0 Å². The van der Waals surface area contributed by atoms with Crippen LogP contribution in [0.15, 0.2) is 29.0 Å². The van der Waals surface area contributed by atoms with Gasteiger partial charge in [0.1, 0.15) is 17.0 Å². The van der Waals surface area contributed by atoms with Gasteiger partial charge in [0.2, 0.25) is 0 Å². The highest BCUT2D eigenvalue weighted by atomic mass is 16.5. The SMILES string of the molecule is Cc1onc(C(C)(C)C)c1C(=O)N(C)CCc1ccncc1. The zero-order valence-electron chi connectivity index (χ0n) is 13.9. The first-order valence-corrected chi connectivity index (χ1v) is 7.42. The molecule has 22 heavy (non-hydrogen) atoms. The number of aromatic nitrogens is 2. The van der Waals surface area contributed by atoms with Crippen molar-refractivity contribution < 1.29 is 9.32 Å². The number of pyridine rings is 1. The monoisotopic (exact) mass is 301 g/mol. The molecule has 0 saturated carbocycles. The minimum atomic E-state index is -0.227. The fraction of sp³-hybridized carbons (Fsp3) is 0.471. The van der Waals surface area contributed by atoms with Gasteiger partial charge in [-0.3, -0.25) is 9.78 Å². The fourth-order valence-electron chi connectivity index (χ4n) is 2.27. The van der Waals surface area contributed by atoms with Gasteiger partial charge in [0.15, 0.2) is 0 Å². The Bertz CT molecular complexity index is 642. The molecule has 0 atom stereocenters. The Kier molecular flexibility index (Phi) is 4.64. The molecule has 0 bridgehead atoms. The maximum absolute atomic E-state index is 12.7. The van der Waals surface area contributed by atoms with Crippen LogP contribution in [0, 0.1) is 6.92 Å². The average Bonchev–Trinajstić information content (AvgIpc) is 2.87. The Morgan fingerprint density at radius 3 is 2.50 bits per heavy atom. The molecular weight excluding hydrogens is 278 g/mol. The van der Waals surface area contributed by atoms with E-state index in [9.17, 15) is 4.79 Å². The van der Waals surface area contributed by atoms with E-state index in [1.54, 1.807) is 24.2 Å². The minimum Gasteiger partial charge on any atom is -0.361 e. The molecule has 0 aromatic carbocycles. The van der Waals surface area contributed by atoms with E-state index in [2.05, 4.69) is 10.1 Å². The van der Waals surface area contributed by atoms with Gasteiger partial charge in [-0.1, -0.05) is 25.9 Å². The highest BCUT2D eigenvalue weighted by molar-refractivity contribution is 5.96. The number of nitrogens with zero attached hydrogens (tertiary/aromatic N) is 3. The molecule has 0 aliphatic carbocycles. The van der Waals surface area contributed by atoms with Crippen LogP contribution in [0.1, 0.15) is 48.1 Å². The van der Waals surface area contributed by atoms with E-state index in [0.29, 0.717) is 23.6 Å². The van der Waals surface area contributed by atoms with Crippen LogP contribution in [-0.4, -0.2) is 34.5 Å². The normalized spacial score (nSPS) is 11.5. The summed E-state index contributed by atoms with van der Waals surface area (Å²) in [6, 6.07) is 3.92. The maximum atomic E-state index is 12.7. The van der Waals surface area contributed by atoms with Gasteiger partial charge in [-0.25, -0.2) is 0 Å². The lowest BCUT2D eigenvalue weighted by molar-refractivity contribution is 0.0792. The number of likely N-dealkylation sites (N-methyl/N-ethyl adjacent to an activating group) is 1. The summed E-state index contributed by atoms with van der Waals surface area (Å²) in [4.78, 5) is 18.4. The van der Waals surface area contributed by atoms with E-state index < -0.39 is 0 Å². The Morgan fingerprint density at radius 2 is 1.91 bits per heavy atom. The van der Waals surface area contributed by atoms with Crippen molar-refractivity contribution >= 4 is 5.91 Å². The molecule has 2 heterocycles. The molecule has 1 amide bonds. The van der Waals surface area contributed by atoms with Crippen LogP contribution in [0.3, 0.4) is 0 Å². The lowest BCUT2D eigenvalue weighted by atomic mass is 9.88. The second kappa shape index (κ2) is 6.30. The summed E-state index contributed by atoms with van der Waals surface area (Å²) >= 11 is 0. The third kappa shape index (κ3) is 3.53. The Hall–Kier alpha value is -2.17. The summed E-state index contributed by atoms with van der Waals surface area (Å²) in [5.74, 6) is 0.531. The third-order valence-electron chi connectivity index (χ3n) is 3.62. The van der Waals surface area contributed by atoms with Gasteiger partial charge >= 0.3 is 0 Å². The number of aryl methyl sites for hydroxylation is 1. The van der Waals surface area contributed by atoms with E-state index in [4.69, 9.17) is 4.52 Å². The van der Waals surface area contributed by atoms with Crippen LogP contribution in [0.5, 0.6) is 0 Å². The fourth-order valence-corrected chi connectivity index (χ4v) is 2.27. The first kappa shape index (κ1) is 16.2. The van der Waals surface area contributed by atoms with Gasteiger partial charge in [0, 0.05) is 31.4 Å². The predicted octanol–water partition coefficient (Wildman–Crippen LogP) is 2.99. The van der Waals surface area contributed by atoms with Gasteiger partial charge in [0.25, 0.3) is 5.91 Å². The molecule has 2 aromatic heterocycles. The number of carbonyl (C=O) groups is 1. The smallest absolute Gasteiger partial charge is 0.259 e. The van der Waals surface area contributed by atoms with Crippen LogP contribution in [-0.2, 0) is 11.8 Å². The second-order valence-corrected chi connectivity index (χ2v) is 6.54. The Labute approximate surface area is 131 Å². The van der Waals surface area contributed by atoms with E-state index in [0.717, 1.165) is 12.0 Å². The van der Waals surface area contributed by atoms with Crippen LogP contribution in [0.25, 0.3) is 0 Å². The van der Waals surface area contributed by atoms with Crippen LogP contribution >= 0.6 is 0 Å². The van der Waals surface area contributed by atoms with Crippen LogP contribution in [0.2, 0.25) is 0 Å². The standard InChI is InChI=1S/C17H23N3O2/c1-12-14(15(19-22-12)17(2,3)4)16(21)20(5)11-8-13-6-9-18-10-7-13/h6-7,9-10H,8,11H2,1-5H3. The molecule has 0 radical (unpaired) electrons. The van der Waals surface area contributed by atoms with Crippen molar-refractivity contribution in [3.05, 3.63) is 47.1 Å². The Morgan fingerprint density at radius 1 is 1.27 bits per heavy atom. The number of carbonyl (C=O) groups excluding carboxylic acids is 1. The molecule has 2 rings (SSSR count). The quantitative estimate of drug-likeness (QED) is 0.871. The molecule has 0 saturated heterocycles. The van der Waals surface area contributed by atoms with Crippen molar-refractivity contribution in [3.8, 4) is 0 Å². The first-order chi connectivity index (χ1) is 10.3. The summed E-state index contributed by atoms with van der Waals surface area (Å²) in [5, 5.41) is 4.08. The van der Waals surface area contributed by atoms with Crippen molar-refractivity contribution in [2.24, 2.45) is 0 Å². The summed E-state index contributed by atoms with van der Waals surface area (Å²) in [7, 11) is 1.81. The molecule has 2 aromatic rings. The van der Waals surface area contributed by atoms with Crippen molar-refractivity contribution in [2.45, 2.75) is 39.5 Å². The molecular formula is C17H23N3O2. The summed E-state index contributed by atoms with van der Waals surface area (Å²) in [6.45, 7) is 8.50. The van der Waals surface area contributed by atoms with Crippen molar-refractivity contribution in [2.75, 3.05) is 13.6 Å². The first-order valence-electron chi connectivity index (χ1n) is 7.42. The molecule has 0 N–H and O–H groups in total. The maximum Gasteiger partial charge on any atom is 0.259 e. The van der Waals surface area contributed by atoms with Gasteiger partial charge in [-0.15, -0.1) is 0 Å². The molecule has 5 nitrogen and oxygen atoms in total. The number of hydrogen-bond donors (Lipinski definition) is 0. The zero-order chi connectivity index (χ0) is 16.3. The zero-order valence-corrected chi connectivity index (χ0v) is 13.9. The van der Waals surface area contributed by atoms with E-state index in [-0.39, 0.29) is 11.3 Å². The molecule has 0 fully saturated rings. The van der Waals surface area contributed by atoms with Crippen LogP contribution < -0.4 is 0 Å². The van der Waals surface area contributed by atoms with Crippen molar-refractivity contribution in [1.82, 2.24) is 15.0 Å². The third-order valence-corrected chi connectivity index (χ3v) is 3.62. The van der Waals surface area contributed by atoms with Gasteiger partial charge in [0.05, 0.1) is 0 Å². The Balaban J connectivity index is 2.13. The molecule has 0 unspecified atom stereocenters. The van der Waals surface area contributed by atoms with Crippen LogP contribution in [0.4, 0.5) is 0 Å². The molecule has 118 valence electrons. The average molecular weight is 301 g/mol. The van der Waals surface area contributed by atoms with E-state index >= 15 is 0 Å². The van der Waals surface area contributed by atoms with E-state index in [1.807, 2.05) is 40.0 Å². The van der Waals surface area contributed by atoms with Gasteiger partial charge < -0.3 is 9.42 Å². The highest BCUT2D eigenvalue weighted by Gasteiger charge is 2.30. The minimum absolute atomic E-state index is 0.0438. The summed E-state index contributed by atoms with van der Waals surface area (Å²) in [6.07, 6.45) is 4.32. The van der Waals surface area contributed by atoms with E-state index in [1.165, 1.54) is 0 Å². The number of amides is 1. The molecule has 0 spiro atoms. The van der Waals surface area contributed by atoms with Gasteiger partial charge in [-0.05, 0) is 31.0 Å². The lowest BCUT2D eigenvalue weighted by Crippen LogP contribution is -2.31. The van der Waals surface area contributed by atoms with Crippen molar-refractivity contribution in [3.63, 3.8) is 0 Å². The highest BCUT2D eigenvalue weighted by Crippen LogP contribution is 2.27. The summed E-state index contributed by atoms with van der Waals surface area (Å²) in [5.41, 5.74) is 2.23. The topological polar surface area (TPSA) is 59.2 Å². The predicted molar refractivity (Wildman–Crippen MR) is 84.8 cm³/mol. The molecule has 5 heteroatoms. The largest absolute Gasteiger partial charge is 0.361 e.